The molecule has 3 aromatic rings. The monoisotopic (exact) mass is 458 g/mol. The zero-order chi connectivity index (χ0) is 21.6. The van der Waals surface area contributed by atoms with E-state index in [2.05, 4.69) is 10.3 Å². The minimum absolute atomic E-state index is 0.0177. The van der Waals surface area contributed by atoms with E-state index in [4.69, 9.17) is 28.3 Å². The third-order valence-corrected chi connectivity index (χ3v) is 6.68. The third-order valence-electron chi connectivity index (χ3n) is 5.75. The molecule has 0 aliphatic heterocycles. The van der Waals surface area contributed by atoms with Crippen molar-refractivity contribution in [2.24, 2.45) is 11.8 Å². The normalized spacial score (nSPS) is 19.3. The van der Waals surface area contributed by atoms with E-state index in [1.165, 1.54) is 12.1 Å². The van der Waals surface area contributed by atoms with E-state index in [-0.39, 0.29) is 17.6 Å². The van der Waals surface area contributed by atoms with E-state index < -0.39 is 4.33 Å². The predicted octanol–water partition coefficient (Wildman–Crippen LogP) is 5.68. The summed E-state index contributed by atoms with van der Waals surface area (Å²) in [6.45, 7) is 0.595. The van der Waals surface area contributed by atoms with Crippen molar-refractivity contribution in [1.29, 1.82) is 0 Å². The van der Waals surface area contributed by atoms with E-state index in [0.29, 0.717) is 24.7 Å². The van der Waals surface area contributed by atoms with E-state index in [1.807, 2.05) is 23.0 Å². The number of aromatic nitrogens is 3. The molecule has 0 radical (unpaired) electrons. The molecule has 0 saturated heterocycles. The van der Waals surface area contributed by atoms with Crippen molar-refractivity contribution in [3.05, 3.63) is 54.6 Å². The van der Waals surface area contributed by atoms with Crippen LogP contribution in [0.5, 0.6) is 0 Å². The lowest BCUT2D eigenvalue weighted by atomic mass is 10.0. The third kappa shape index (κ3) is 4.75. The summed E-state index contributed by atoms with van der Waals surface area (Å²) in [5, 5.41) is 7.63. The number of carbonyl (C=O) groups excluding carboxylic acids is 1. The van der Waals surface area contributed by atoms with Gasteiger partial charge in [0.1, 0.15) is 21.7 Å². The first-order valence-corrected chi connectivity index (χ1v) is 11.1. The van der Waals surface area contributed by atoms with Crippen LogP contribution in [0.15, 0.2) is 48.8 Å². The number of anilines is 1. The Morgan fingerprint density at radius 2 is 1.94 bits per heavy atom. The van der Waals surface area contributed by atoms with Crippen LogP contribution in [0.25, 0.3) is 22.4 Å². The predicted molar refractivity (Wildman–Crippen MR) is 119 cm³/mol. The van der Waals surface area contributed by atoms with Crippen LogP contribution in [0.1, 0.15) is 25.7 Å². The topological polar surface area (TPSA) is 59.8 Å². The van der Waals surface area contributed by atoms with Crippen LogP contribution in [0.3, 0.4) is 0 Å². The fourth-order valence-corrected chi connectivity index (χ4v) is 4.20. The van der Waals surface area contributed by atoms with Gasteiger partial charge in [-0.25, -0.2) is 9.37 Å². The Morgan fingerprint density at radius 1 is 1.19 bits per heavy atom. The van der Waals surface area contributed by atoms with E-state index >= 15 is 0 Å². The lowest BCUT2D eigenvalue weighted by molar-refractivity contribution is -0.116. The molecule has 2 saturated carbocycles. The van der Waals surface area contributed by atoms with E-state index in [0.717, 1.165) is 41.6 Å². The number of nitrogens with one attached hydrogen (secondary N) is 1. The molecule has 1 N–H and O–H groups in total. The van der Waals surface area contributed by atoms with Gasteiger partial charge in [-0.3, -0.25) is 9.48 Å². The van der Waals surface area contributed by atoms with Gasteiger partial charge in [0.2, 0.25) is 5.91 Å². The van der Waals surface area contributed by atoms with Crippen molar-refractivity contribution >= 4 is 34.9 Å². The van der Waals surface area contributed by atoms with Crippen molar-refractivity contribution in [1.82, 2.24) is 14.8 Å². The quantitative estimate of drug-likeness (QED) is 0.463. The molecular weight excluding hydrogens is 438 g/mol. The number of amides is 1. The summed E-state index contributed by atoms with van der Waals surface area (Å²) >= 11 is 12.4. The first kappa shape index (κ1) is 20.5. The maximum Gasteiger partial charge on any atom is 0.225 e. The maximum atomic E-state index is 13.5. The Kier molecular flexibility index (Phi) is 5.22. The highest BCUT2D eigenvalue weighted by Gasteiger charge is 2.51. The van der Waals surface area contributed by atoms with Crippen LogP contribution in [0.2, 0.25) is 0 Å². The van der Waals surface area contributed by atoms with Gasteiger partial charge < -0.3 is 5.32 Å². The van der Waals surface area contributed by atoms with Crippen LogP contribution in [0, 0.1) is 17.7 Å². The smallest absolute Gasteiger partial charge is 0.225 e. The second-order valence-corrected chi connectivity index (χ2v) is 9.95. The van der Waals surface area contributed by atoms with Crippen LogP contribution < -0.4 is 5.32 Å². The highest BCUT2D eigenvalue weighted by atomic mass is 35.5. The molecule has 2 aliphatic carbocycles. The minimum Gasteiger partial charge on any atom is -0.311 e. The van der Waals surface area contributed by atoms with Gasteiger partial charge in [0.15, 0.2) is 0 Å². The Bertz CT molecular complexity index is 1120. The number of hydrogen-bond acceptors (Lipinski definition) is 3. The zero-order valence-corrected chi connectivity index (χ0v) is 18.2. The number of hydrogen-bond donors (Lipinski definition) is 1. The molecule has 2 fully saturated rings. The molecule has 0 spiro atoms. The number of alkyl halides is 2. The maximum absolute atomic E-state index is 13.5. The van der Waals surface area contributed by atoms with Crippen LogP contribution >= 0.6 is 23.2 Å². The lowest BCUT2D eigenvalue weighted by Crippen LogP contribution is -2.12. The van der Waals surface area contributed by atoms with E-state index in [1.54, 1.807) is 18.3 Å². The fourth-order valence-electron chi connectivity index (χ4n) is 3.69. The molecule has 1 atom stereocenters. The number of nitrogens with zero attached hydrogens (tertiary/aromatic N) is 3. The molecule has 2 aliphatic rings. The molecule has 1 aromatic carbocycles. The minimum atomic E-state index is -0.697. The molecule has 1 amide bonds. The molecular formula is C23H21Cl2FN4O. The molecule has 160 valence electrons. The second kappa shape index (κ2) is 7.92. The number of benzene rings is 1. The lowest BCUT2D eigenvalue weighted by Gasteiger charge is -2.07. The van der Waals surface area contributed by atoms with Crippen molar-refractivity contribution in [3.63, 3.8) is 0 Å². The first-order chi connectivity index (χ1) is 14.9. The molecule has 31 heavy (non-hydrogen) atoms. The Labute approximate surface area is 189 Å². The average molecular weight is 459 g/mol. The molecule has 0 bridgehead atoms. The van der Waals surface area contributed by atoms with Gasteiger partial charge in [-0.05, 0) is 67.1 Å². The largest absolute Gasteiger partial charge is 0.311 e. The SMILES string of the molecule is O=C(CC1CC1)Nc1cc(-c2cn(CC3CC3(Cl)Cl)nc2-c2ccc(F)cc2)ccn1. The summed E-state index contributed by atoms with van der Waals surface area (Å²) < 4.78 is 14.6. The number of halogens is 3. The highest BCUT2D eigenvalue weighted by molar-refractivity contribution is 6.50. The second-order valence-electron chi connectivity index (χ2n) is 8.41. The van der Waals surface area contributed by atoms with Crippen molar-refractivity contribution in [2.45, 2.75) is 36.6 Å². The van der Waals surface area contributed by atoms with Crippen molar-refractivity contribution in [3.8, 4) is 22.4 Å². The molecule has 5 rings (SSSR count). The number of carbonyl (C=O) groups is 1. The molecule has 2 heterocycles. The number of rotatable bonds is 7. The van der Waals surface area contributed by atoms with Gasteiger partial charge in [0.05, 0.1) is 0 Å². The summed E-state index contributed by atoms with van der Waals surface area (Å²) in [5.41, 5.74) is 3.24. The molecule has 1 unspecified atom stereocenters. The zero-order valence-electron chi connectivity index (χ0n) is 16.7. The van der Waals surface area contributed by atoms with Gasteiger partial charge >= 0.3 is 0 Å². The van der Waals surface area contributed by atoms with Crippen molar-refractivity contribution in [2.75, 3.05) is 5.32 Å². The highest BCUT2D eigenvalue weighted by Crippen LogP contribution is 2.54. The van der Waals surface area contributed by atoms with Gasteiger partial charge in [-0.1, -0.05) is 0 Å². The Morgan fingerprint density at radius 3 is 2.61 bits per heavy atom. The van der Waals surface area contributed by atoms with Crippen LogP contribution in [-0.4, -0.2) is 25.0 Å². The standard InChI is InChI=1S/C23H21Cl2FN4O/c24-23(25)11-17(23)12-30-13-19(22(29-30)15-3-5-18(26)6-4-15)16-7-8-27-20(10-16)28-21(31)9-14-1-2-14/h3-8,10,13-14,17H,1-2,9,11-12H2,(H,27,28,31). The van der Waals surface area contributed by atoms with Gasteiger partial charge in [0, 0.05) is 42.4 Å². The average Bonchev–Trinajstić information content (AvgIpc) is 3.60. The summed E-state index contributed by atoms with van der Waals surface area (Å²) in [6.07, 6.45) is 7.10. The number of pyridine rings is 1. The first-order valence-electron chi connectivity index (χ1n) is 10.3. The van der Waals surface area contributed by atoms with E-state index in [9.17, 15) is 9.18 Å². The summed E-state index contributed by atoms with van der Waals surface area (Å²) in [6, 6.07) is 9.94. The Hall–Kier alpha value is -2.44. The van der Waals surface area contributed by atoms with Crippen LogP contribution in [-0.2, 0) is 11.3 Å². The molecule has 2 aromatic heterocycles. The molecule has 5 nitrogen and oxygen atoms in total. The van der Waals surface area contributed by atoms with Gasteiger partial charge in [0.25, 0.3) is 0 Å². The fraction of sp³-hybridized carbons (Fsp3) is 0.348. The van der Waals surface area contributed by atoms with Gasteiger partial charge in [-0.2, -0.15) is 5.10 Å². The van der Waals surface area contributed by atoms with Gasteiger partial charge in [-0.15, -0.1) is 23.2 Å². The summed E-state index contributed by atoms with van der Waals surface area (Å²) in [4.78, 5) is 16.5. The summed E-state index contributed by atoms with van der Waals surface area (Å²) in [7, 11) is 0. The molecule has 8 heteroatoms. The Balaban J connectivity index is 1.46. The summed E-state index contributed by atoms with van der Waals surface area (Å²) in [5.74, 6) is 0.824. The van der Waals surface area contributed by atoms with Crippen molar-refractivity contribution < 1.29 is 9.18 Å². The van der Waals surface area contributed by atoms with Crippen LogP contribution in [0.4, 0.5) is 10.2 Å².